The van der Waals surface area contributed by atoms with Crippen LogP contribution in [0.1, 0.15) is 20.9 Å². The summed E-state index contributed by atoms with van der Waals surface area (Å²) in [5.41, 5.74) is 6.18. The van der Waals surface area contributed by atoms with Crippen molar-refractivity contribution in [2.24, 2.45) is 5.73 Å². The lowest BCUT2D eigenvalue weighted by Crippen LogP contribution is -2.12. The molecule has 1 heterocycles. The first-order valence-electron chi connectivity index (χ1n) is 4.77. The number of nitrogens with two attached hydrogens (primary N) is 1. The fraction of sp³-hybridized carbons (Fsp3) is 0. The number of halogens is 1. The Morgan fingerprint density at radius 1 is 1.29 bits per heavy atom. The van der Waals surface area contributed by atoms with Gasteiger partial charge in [-0.2, -0.15) is 0 Å². The van der Waals surface area contributed by atoms with Crippen molar-refractivity contribution in [3.05, 3.63) is 46.1 Å². The molecule has 1 amide bonds. The first-order valence-corrected chi connectivity index (χ1v) is 5.56. The molecule has 1 aromatic heterocycles. The third-order valence-corrected chi connectivity index (χ3v) is 2.93. The van der Waals surface area contributed by atoms with Gasteiger partial charge in [-0.25, -0.2) is 0 Å². The number of hydrogen-bond donors (Lipinski definition) is 1. The van der Waals surface area contributed by atoms with Gasteiger partial charge in [0.1, 0.15) is 5.76 Å². The number of primary amides is 1. The molecule has 2 aromatic rings. The summed E-state index contributed by atoms with van der Waals surface area (Å²) in [7, 11) is 0. The lowest BCUT2D eigenvalue weighted by molar-refractivity contribution is 0.100. The minimum absolute atomic E-state index is 0.200. The smallest absolute Gasteiger partial charge is 0.249 e. The summed E-state index contributed by atoms with van der Waals surface area (Å²) < 4.78 is 5.97. The van der Waals surface area contributed by atoms with Crippen molar-refractivity contribution >= 4 is 28.1 Å². The highest BCUT2D eigenvalue weighted by molar-refractivity contribution is 9.10. The maximum Gasteiger partial charge on any atom is 0.249 e. The molecule has 17 heavy (non-hydrogen) atoms. The number of hydrogen-bond acceptors (Lipinski definition) is 3. The van der Waals surface area contributed by atoms with Gasteiger partial charge in [-0.1, -0.05) is 22.0 Å². The third-order valence-electron chi connectivity index (χ3n) is 2.27. The van der Waals surface area contributed by atoms with Gasteiger partial charge < -0.3 is 10.2 Å². The number of rotatable bonds is 3. The quantitative estimate of drug-likeness (QED) is 0.884. The Kier molecular flexibility index (Phi) is 3.10. The van der Waals surface area contributed by atoms with E-state index in [2.05, 4.69) is 15.9 Å². The summed E-state index contributed by atoms with van der Waals surface area (Å²) in [4.78, 5) is 21.9. The molecular formula is C12H8BrNO3. The molecule has 0 saturated heterocycles. The van der Waals surface area contributed by atoms with Crippen molar-refractivity contribution in [3.8, 4) is 11.3 Å². The van der Waals surface area contributed by atoms with Gasteiger partial charge in [-0.3, -0.25) is 9.59 Å². The maximum absolute atomic E-state index is 11.3. The van der Waals surface area contributed by atoms with Gasteiger partial charge in [0.25, 0.3) is 0 Å². The summed E-state index contributed by atoms with van der Waals surface area (Å²) in [5.74, 6) is 0.0740. The van der Waals surface area contributed by atoms with Crippen molar-refractivity contribution in [2.75, 3.05) is 0 Å². The molecule has 0 bridgehead atoms. The molecule has 0 fully saturated rings. The van der Waals surface area contributed by atoms with Crippen molar-refractivity contribution < 1.29 is 14.0 Å². The Morgan fingerprint density at radius 3 is 2.65 bits per heavy atom. The van der Waals surface area contributed by atoms with Crippen LogP contribution in [-0.4, -0.2) is 12.2 Å². The summed E-state index contributed by atoms with van der Waals surface area (Å²) in [6.07, 6.45) is 0.601. The minimum Gasteiger partial charge on any atom is -0.453 e. The van der Waals surface area contributed by atoms with E-state index in [4.69, 9.17) is 10.2 Å². The fourth-order valence-electron chi connectivity index (χ4n) is 1.53. The van der Waals surface area contributed by atoms with Crippen LogP contribution in [0.3, 0.4) is 0 Å². The maximum atomic E-state index is 11.3. The van der Waals surface area contributed by atoms with Gasteiger partial charge in [0.05, 0.1) is 5.56 Å². The van der Waals surface area contributed by atoms with Crippen LogP contribution in [-0.2, 0) is 0 Å². The standard InChI is InChI=1S/C12H8BrNO3/c13-9-3-1-2-8(12(14)16)11(9)10-5-4-7(6-15)17-10/h1-6H,(H2,14,16). The molecule has 0 unspecified atom stereocenters. The van der Waals surface area contributed by atoms with E-state index in [1.54, 1.807) is 24.3 Å². The van der Waals surface area contributed by atoms with Gasteiger partial charge in [0, 0.05) is 10.0 Å². The largest absolute Gasteiger partial charge is 0.453 e. The Bertz CT molecular complexity index is 589. The summed E-state index contributed by atoms with van der Waals surface area (Å²) >= 11 is 3.33. The molecule has 86 valence electrons. The third kappa shape index (κ3) is 2.14. The Morgan fingerprint density at radius 2 is 2.06 bits per heavy atom. The number of benzene rings is 1. The summed E-state index contributed by atoms with van der Waals surface area (Å²) in [6.45, 7) is 0. The van der Waals surface area contributed by atoms with E-state index in [1.165, 1.54) is 6.07 Å². The van der Waals surface area contributed by atoms with Crippen LogP contribution in [0.4, 0.5) is 0 Å². The molecular weight excluding hydrogens is 286 g/mol. The highest BCUT2D eigenvalue weighted by Gasteiger charge is 2.16. The first kappa shape index (κ1) is 11.6. The van der Waals surface area contributed by atoms with E-state index < -0.39 is 5.91 Å². The van der Waals surface area contributed by atoms with Crippen molar-refractivity contribution in [3.63, 3.8) is 0 Å². The van der Waals surface area contributed by atoms with Crippen LogP contribution < -0.4 is 5.73 Å². The summed E-state index contributed by atoms with van der Waals surface area (Å²) in [6, 6.07) is 8.23. The Balaban J connectivity index is 2.64. The molecule has 2 N–H and O–H groups in total. The normalized spacial score (nSPS) is 10.2. The molecule has 4 nitrogen and oxygen atoms in total. The topological polar surface area (TPSA) is 73.3 Å². The predicted molar refractivity (Wildman–Crippen MR) is 65.7 cm³/mol. The van der Waals surface area contributed by atoms with Crippen LogP contribution in [0.15, 0.2) is 39.2 Å². The van der Waals surface area contributed by atoms with E-state index in [9.17, 15) is 9.59 Å². The van der Waals surface area contributed by atoms with Crippen molar-refractivity contribution in [1.82, 2.24) is 0 Å². The van der Waals surface area contributed by atoms with E-state index in [1.807, 2.05) is 0 Å². The van der Waals surface area contributed by atoms with E-state index in [-0.39, 0.29) is 5.76 Å². The number of aldehydes is 1. The number of amides is 1. The summed E-state index contributed by atoms with van der Waals surface area (Å²) in [5, 5.41) is 0. The number of carbonyl (C=O) groups is 2. The number of carbonyl (C=O) groups excluding carboxylic acids is 2. The molecule has 0 atom stereocenters. The molecule has 0 spiro atoms. The van der Waals surface area contributed by atoms with E-state index in [0.29, 0.717) is 27.6 Å². The van der Waals surface area contributed by atoms with E-state index in [0.717, 1.165) is 0 Å². The van der Waals surface area contributed by atoms with Crippen LogP contribution in [0, 0.1) is 0 Å². The minimum atomic E-state index is -0.551. The van der Waals surface area contributed by atoms with Crippen LogP contribution in [0.5, 0.6) is 0 Å². The van der Waals surface area contributed by atoms with E-state index >= 15 is 0 Å². The molecule has 1 aromatic carbocycles. The molecule has 0 saturated carbocycles. The Hall–Kier alpha value is -1.88. The van der Waals surface area contributed by atoms with Gasteiger partial charge in [0.2, 0.25) is 5.91 Å². The molecule has 0 aliphatic heterocycles. The van der Waals surface area contributed by atoms with Gasteiger partial charge in [-0.05, 0) is 24.3 Å². The number of furan rings is 1. The second-order valence-corrected chi connectivity index (χ2v) is 4.20. The monoisotopic (exact) mass is 293 g/mol. The highest BCUT2D eigenvalue weighted by atomic mass is 79.9. The van der Waals surface area contributed by atoms with Crippen LogP contribution >= 0.6 is 15.9 Å². The first-order chi connectivity index (χ1) is 8.13. The Labute approximate surface area is 106 Å². The molecule has 0 radical (unpaired) electrons. The van der Waals surface area contributed by atoms with Gasteiger partial charge in [0.15, 0.2) is 12.0 Å². The molecule has 0 aliphatic carbocycles. The average molecular weight is 294 g/mol. The lowest BCUT2D eigenvalue weighted by Gasteiger charge is -2.06. The average Bonchev–Trinajstić information content (AvgIpc) is 2.76. The van der Waals surface area contributed by atoms with Crippen molar-refractivity contribution in [2.45, 2.75) is 0 Å². The van der Waals surface area contributed by atoms with Crippen LogP contribution in [0.25, 0.3) is 11.3 Å². The van der Waals surface area contributed by atoms with Crippen molar-refractivity contribution in [1.29, 1.82) is 0 Å². The second-order valence-electron chi connectivity index (χ2n) is 3.35. The zero-order valence-corrected chi connectivity index (χ0v) is 10.2. The highest BCUT2D eigenvalue weighted by Crippen LogP contribution is 2.32. The second kappa shape index (κ2) is 4.55. The van der Waals surface area contributed by atoms with Crippen LogP contribution in [0.2, 0.25) is 0 Å². The van der Waals surface area contributed by atoms with Gasteiger partial charge in [-0.15, -0.1) is 0 Å². The van der Waals surface area contributed by atoms with Gasteiger partial charge >= 0.3 is 0 Å². The zero-order chi connectivity index (χ0) is 12.4. The zero-order valence-electron chi connectivity index (χ0n) is 8.64. The molecule has 0 aliphatic rings. The fourth-order valence-corrected chi connectivity index (χ4v) is 2.09. The molecule has 5 heteroatoms. The predicted octanol–water partition coefficient (Wildman–Crippen LogP) is 2.62. The SMILES string of the molecule is NC(=O)c1cccc(Br)c1-c1ccc(C=O)o1. The molecule has 2 rings (SSSR count). The lowest BCUT2D eigenvalue weighted by atomic mass is 10.1.